The van der Waals surface area contributed by atoms with Crippen molar-refractivity contribution in [2.24, 2.45) is 11.8 Å². The maximum Gasteiger partial charge on any atom is 0.590 e. The largest absolute Gasteiger partial charge is 0.637 e. The van der Waals surface area contributed by atoms with Crippen LogP contribution in [0.1, 0.15) is 41.5 Å². The van der Waals surface area contributed by atoms with Gasteiger partial charge >= 0.3 is 6.55 Å². The number of hydrogen-bond donors (Lipinski definition) is 0. The van der Waals surface area contributed by atoms with Crippen molar-refractivity contribution in [1.29, 1.82) is 0 Å². The summed E-state index contributed by atoms with van der Waals surface area (Å²) in [5.74, 6) is 3.17. The van der Waals surface area contributed by atoms with Crippen LogP contribution in [-0.2, 0) is 9.00 Å². The molecule has 0 saturated carbocycles. The Morgan fingerprint density at radius 1 is 1.12 bits per heavy atom. The van der Waals surface area contributed by atoms with Crippen molar-refractivity contribution in [3.8, 4) is 0 Å². The van der Waals surface area contributed by atoms with Gasteiger partial charge in [-0.3, -0.25) is 0 Å². The molecule has 0 atom stereocenters. The van der Waals surface area contributed by atoms with Gasteiger partial charge in [0.1, 0.15) is 0 Å². The van der Waals surface area contributed by atoms with Crippen molar-refractivity contribution in [3.63, 3.8) is 0 Å². The van der Waals surface area contributed by atoms with Gasteiger partial charge in [0.05, 0.1) is 11.8 Å². The van der Waals surface area contributed by atoms with Crippen LogP contribution in [0.5, 0.6) is 0 Å². The highest BCUT2D eigenvalue weighted by atomic mass is 16.6. The molecule has 0 fully saturated rings. The van der Waals surface area contributed by atoms with Gasteiger partial charge < -0.3 is 9.00 Å². The van der Waals surface area contributed by atoms with Gasteiger partial charge in [-0.15, -0.1) is 0 Å². The molecule has 0 aromatic heterocycles. The van der Waals surface area contributed by atoms with E-state index in [2.05, 4.69) is 27.7 Å². The van der Waals surface area contributed by atoms with Crippen molar-refractivity contribution in [1.82, 2.24) is 0 Å². The minimum Gasteiger partial charge on any atom is -0.637 e. The summed E-state index contributed by atoms with van der Waals surface area (Å²) in [6.45, 7) is 11.8. The van der Waals surface area contributed by atoms with E-state index in [0.29, 0.717) is 11.8 Å². The summed E-state index contributed by atoms with van der Waals surface area (Å²) in [5, 5.41) is 0. The summed E-state index contributed by atoms with van der Waals surface area (Å²) in [6.07, 6.45) is 3.97. The first-order valence-electron chi connectivity index (χ1n) is 6.40. The molecule has 16 heavy (non-hydrogen) atoms. The number of carbonyl (C=O) groups excluding carboxylic acids is 1. The van der Waals surface area contributed by atoms with Crippen LogP contribution in [0.2, 0.25) is 12.6 Å². The van der Waals surface area contributed by atoms with Gasteiger partial charge in [0.2, 0.25) is 5.78 Å². The van der Waals surface area contributed by atoms with Gasteiger partial charge in [0.15, 0.2) is 0 Å². The average molecular weight is 224 g/mol. The van der Waals surface area contributed by atoms with Crippen molar-refractivity contribution in [2.45, 2.75) is 54.2 Å². The van der Waals surface area contributed by atoms with Gasteiger partial charge in [-0.1, -0.05) is 39.5 Å². The quantitative estimate of drug-likeness (QED) is 0.525. The highest BCUT2D eigenvalue weighted by molar-refractivity contribution is 6.66. The summed E-state index contributed by atoms with van der Waals surface area (Å²) in [4.78, 5) is 0. The Morgan fingerprint density at radius 3 is 2.00 bits per heavy atom. The monoisotopic (exact) mass is 224 g/mol. The third-order valence-corrected chi connectivity index (χ3v) is 2.87. The number of hydrogen-bond acceptors (Lipinski definition) is 1. The zero-order valence-corrected chi connectivity index (χ0v) is 11.5. The Bertz CT molecular complexity index is 293. The standard InChI is InChI=1S/C13H25BO2/c1-10(2)8-14(9-11(3)4)15-12(5)7-13(6)16-14/h7,10-11H,8-9H2,1-6H3. The molecule has 92 valence electrons. The van der Waals surface area contributed by atoms with Crippen molar-refractivity contribution < 1.29 is 9.00 Å². The molecule has 2 nitrogen and oxygen atoms in total. The van der Waals surface area contributed by atoms with Crippen molar-refractivity contribution in [3.05, 3.63) is 11.8 Å². The molecule has 1 aliphatic rings. The van der Waals surface area contributed by atoms with Crippen LogP contribution in [0.3, 0.4) is 0 Å². The van der Waals surface area contributed by atoms with Gasteiger partial charge in [0.25, 0.3) is 0 Å². The summed E-state index contributed by atoms with van der Waals surface area (Å²) >= 11 is 0. The Balaban J connectivity index is 2.92. The van der Waals surface area contributed by atoms with Crippen LogP contribution in [0.25, 0.3) is 0 Å². The summed E-state index contributed by atoms with van der Waals surface area (Å²) in [5.41, 5.74) is 0. The Labute approximate surface area is 99.7 Å². The molecule has 0 saturated heterocycles. The lowest BCUT2D eigenvalue weighted by atomic mass is 9.47. The highest BCUT2D eigenvalue weighted by Crippen LogP contribution is 2.29. The van der Waals surface area contributed by atoms with Crippen LogP contribution < -0.4 is 0 Å². The van der Waals surface area contributed by atoms with Crippen LogP contribution in [-0.4, -0.2) is 12.3 Å². The number of allylic oxidation sites excluding steroid dienone is 2. The second-order valence-electron chi connectivity index (χ2n) is 5.91. The molecule has 0 unspecified atom stereocenters. The molecule has 1 aliphatic heterocycles. The molecule has 1 rings (SSSR count). The summed E-state index contributed by atoms with van der Waals surface area (Å²) < 4.78 is 12.1. The van der Waals surface area contributed by atoms with Crippen molar-refractivity contribution >= 4 is 12.3 Å². The van der Waals surface area contributed by atoms with E-state index in [4.69, 9.17) is 9.00 Å². The Morgan fingerprint density at radius 2 is 1.62 bits per heavy atom. The maximum atomic E-state index is 6.05. The molecular formula is C13H25BO2. The van der Waals surface area contributed by atoms with Gasteiger partial charge in [-0.2, -0.15) is 0 Å². The van der Waals surface area contributed by atoms with E-state index < -0.39 is 6.55 Å². The first kappa shape index (κ1) is 13.3. The van der Waals surface area contributed by atoms with E-state index in [-0.39, 0.29) is 0 Å². The first-order chi connectivity index (χ1) is 7.33. The summed E-state index contributed by atoms with van der Waals surface area (Å²) in [6, 6.07) is 0. The topological polar surface area (TPSA) is 20.5 Å². The van der Waals surface area contributed by atoms with E-state index >= 15 is 0 Å². The fourth-order valence-electron chi connectivity index (χ4n) is 2.78. The SMILES string of the molecule is CC1=CC(C)=[O+][B-](CC(C)C)(CC(C)C)O1. The Kier molecular flexibility index (Phi) is 4.23. The van der Waals surface area contributed by atoms with E-state index in [1.807, 2.05) is 19.9 Å². The predicted molar refractivity (Wildman–Crippen MR) is 70.6 cm³/mol. The zero-order chi connectivity index (χ0) is 12.3. The molecule has 0 amide bonds. The molecular weight excluding hydrogens is 199 g/mol. The molecule has 0 aromatic carbocycles. The second-order valence-corrected chi connectivity index (χ2v) is 5.91. The van der Waals surface area contributed by atoms with E-state index in [1.165, 1.54) is 0 Å². The molecule has 0 aromatic rings. The van der Waals surface area contributed by atoms with Crippen LogP contribution in [0, 0.1) is 11.8 Å². The molecule has 0 spiro atoms. The minimum atomic E-state index is -1.16. The van der Waals surface area contributed by atoms with E-state index in [1.54, 1.807) is 0 Å². The van der Waals surface area contributed by atoms with Crippen molar-refractivity contribution in [2.75, 3.05) is 0 Å². The maximum absolute atomic E-state index is 6.05. The van der Waals surface area contributed by atoms with Crippen LogP contribution >= 0.6 is 0 Å². The molecule has 0 radical (unpaired) electrons. The highest BCUT2D eigenvalue weighted by Gasteiger charge is 2.46. The van der Waals surface area contributed by atoms with Crippen LogP contribution in [0.15, 0.2) is 11.8 Å². The minimum absolute atomic E-state index is 0.595. The first-order valence-corrected chi connectivity index (χ1v) is 6.40. The predicted octanol–water partition coefficient (Wildman–Crippen LogP) is 3.80. The lowest BCUT2D eigenvalue weighted by Gasteiger charge is -2.33. The van der Waals surface area contributed by atoms with E-state index in [9.17, 15) is 0 Å². The lowest BCUT2D eigenvalue weighted by Crippen LogP contribution is -2.44. The van der Waals surface area contributed by atoms with Crippen LogP contribution in [0.4, 0.5) is 0 Å². The molecule has 0 N–H and O–H groups in total. The third kappa shape index (κ3) is 3.69. The van der Waals surface area contributed by atoms with Gasteiger partial charge in [-0.25, -0.2) is 0 Å². The molecule has 1 heterocycles. The summed E-state index contributed by atoms with van der Waals surface area (Å²) in [7, 11) is 0. The molecule has 3 heteroatoms. The second kappa shape index (κ2) is 5.07. The van der Waals surface area contributed by atoms with Gasteiger partial charge in [0, 0.05) is 6.92 Å². The van der Waals surface area contributed by atoms with Gasteiger partial charge in [-0.05, 0) is 19.6 Å². The Hall–Kier alpha value is -0.725. The van der Waals surface area contributed by atoms with E-state index in [0.717, 1.165) is 24.2 Å². The number of rotatable bonds is 4. The fourth-order valence-corrected chi connectivity index (χ4v) is 2.78. The number of ketones is 1. The zero-order valence-electron chi connectivity index (χ0n) is 11.5. The average Bonchev–Trinajstić information content (AvgIpc) is 1.95. The smallest absolute Gasteiger partial charge is 0.590 e. The molecule has 0 bridgehead atoms. The third-order valence-electron chi connectivity index (χ3n) is 2.87. The normalized spacial score (nSPS) is 19.5. The lowest BCUT2D eigenvalue weighted by molar-refractivity contribution is -0.335. The fraction of sp³-hybridized carbons (Fsp3) is 0.769. The molecule has 0 aliphatic carbocycles.